The lowest BCUT2D eigenvalue weighted by atomic mass is 9.72. The van der Waals surface area contributed by atoms with Gasteiger partial charge in [-0.25, -0.2) is 4.98 Å². The van der Waals surface area contributed by atoms with Gasteiger partial charge in [0.2, 0.25) is 5.91 Å². The van der Waals surface area contributed by atoms with Crippen molar-refractivity contribution >= 4 is 44.7 Å². The lowest BCUT2D eigenvalue weighted by Crippen LogP contribution is -2.33. The third-order valence-electron chi connectivity index (χ3n) is 6.70. The van der Waals surface area contributed by atoms with Crippen LogP contribution in [0.25, 0.3) is 10.2 Å². The summed E-state index contributed by atoms with van der Waals surface area (Å²) in [6.45, 7) is 10.7. The Morgan fingerprint density at radius 1 is 1.38 bits per heavy atom. The van der Waals surface area contributed by atoms with Crippen LogP contribution in [0.4, 0.5) is 5.69 Å². The molecule has 2 unspecified atom stereocenters. The molecule has 2 atom stereocenters. The Hall–Kier alpha value is -2.18. The van der Waals surface area contributed by atoms with E-state index in [-0.39, 0.29) is 16.9 Å². The van der Waals surface area contributed by atoms with Gasteiger partial charge in [-0.05, 0) is 67.2 Å². The van der Waals surface area contributed by atoms with Crippen molar-refractivity contribution in [3.8, 4) is 0 Å². The number of rotatable bonds is 4. The van der Waals surface area contributed by atoms with E-state index in [4.69, 9.17) is 11.6 Å². The molecule has 32 heavy (non-hydrogen) atoms. The molecule has 0 aliphatic heterocycles. The number of nitrogens with one attached hydrogen (secondary N) is 1. The van der Waals surface area contributed by atoms with Gasteiger partial charge in [-0.2, -0.15) is 0 Å². The number of hydrogen-bond acceptors (Lipinski definition) is 4. The quantitative estimate of drug-likeness (QED) is 0.495. The number of anilines is 1. The first-order valence-corrected chi connectivity index (χ1v) is 12.4. The third-order valence-corrected chi connectivity index (χ3v) is 8.10. The minimum atomic E-state index is -0.640. The molecule has 0 saturated carbocycles. The Bertz CT molecular complexity index is 1240. The summed E-state index contributed by atoms with van der Waals surface area (Å²) < 4.78 is 1.50. The van der Waals surface area contributed by atoms with Crippen molar-refractivity contribution in [3.63, 3.8) is 0 Å². The van der Waals surface area contributed by atoms with Gasteiger partial charge < -0.3 is 5.32 Å². The van der Waals surface area contributed by atoms with Crippen LogP contribution in [0.1, 0.15) is 62.6 Å². The molecular weight excluding hydrogens is 442 g/mol. The first-order chi connectivity index (χ1) is 15.1. The van der Waals surface area contributed by atoms with E-state index < -0.39 is 6.04 Å². The summed E-state index contributed by atoms with van der Waals surface area (Å²) in [4.78, 5) is 33.4. The predicted molar refractivity (Wildman–Crippen MR) is 133 cm³/mol. The molecule has 5 nitrogen and oxygen atoms in total. The summed E-state index contributed by atoms with van der Waals surface area (Å²) in [7, 11) is 0. The maximum absolute atomic E-state index is 13.5. The fourth-order valence-corrected chi connectivity index (χ4v) is 6.02. The van der Waals surface area contributed by atoms with Gasteiger partial charge in [0.05, 0.1) is 11.7 Å². The average molecular weight is 472 g/mol. The molecule has 3 aromatic rings. The molecule has 0 spiro atoms. The third kappa shape index (κ3) is 4.23. The van der Waals surface area contributed by atoms with Crippen molar-refractivity contribution in [1.29, 1.82) is 0 Å². The number of carbonyl (C=O) groups excluding carboxylic acids is 1. The molecule has 0 bridgehead atoms. The van der Waals surface area contributed by atoms with Crippen molar-refractivity contribution in [2.45, 2.75) is 66.3 Å². The van der Waals surface area contributed by atoms with E-state index in [1.165, 1.54) is 15.8 Å². The van der Waals surface area contributed by atoms with Gasteiger partial charge in [0.15, 0.2) is 0 Å². The molecule has 2 aromatic heterocycles. The molecule has 0 fully saturated rings. The van der Waals surface area contributed by atoms with Gasteiger partial charge in [0.1, 0.15) is 10.9 Å². The molecule has 2 heterocycles. The zero-order valence-corrected chi connectivity index (χ0v) is 20.9. The Balaban J connectivity index is 1.69. The molecule has 170 valence electrons. The number of nitrogens with zero attached hydrogens (tertiary/aromatic N) is 2. The summed E-state index contributed by atoms with van der Waals surface area (Å²) in [5, 5.41) is 4.20. The number of aryl methyl sites for hydroxylation is 2. The zero-order chi connectivity index (χ0) is 23.2. The monoisotopic (exact) mass is 471 g/mol. The molecule has 0 radical (unpaired) electrons. The molecule has 0 saturated heterocycles. The van der Waals surface area contributed by atoms with E-state index in [0.29, 0.717) is 28.4 Å². The smallest absolute Gasteiger partial charge is 0.263 e. The number of aromatic nitrogens is 2. The second-order valence-electron chi connectivity index (χ2n) is 9.82. The molecule has 4 rings (SSSR count). The SMILES string of the molecule is CCC(C(=O)Nc1cc(Cl)ccc1C)n1cnc2sc3c(c2c1=O)CCC(C(C)(C)C)C3. The largest absolute Gasteiger partial charge is 0.324 e. The minimum Gasteiger partial charge on any atom is -0.324 e. The normalized spacial score (nSPS) is 17.2. The summed E-state index contributed by atoms with van der Waals surface area (Å²) >= 11 is 7.74. The van der Waals surface area contributed by atoms with Crippen LogP contribution in [0.2, 0.25) is 5.02 Å². The van der Waals surface area contributed by atoms with Crippen molar-refractivity contribution in [1.82, 2.24) is 9.55 Å². The van der Waals surface area contributed by atoms with Crippen molar-refractivity contribution in [2.75, 3.05) is 5.32 Å². The van der Waals surface area contributed by atoms with E-state index in [9.17, 15) is 9.59 Å². The second-order valence-corrected chi connectivity index (χ2v) is 11.3. The van der Waals surface area contributed by atoms with Crippen LogP contribution in [0.5, 0.6) is 0 Å². The Morgan fingerprint density at radius 3 is 2.81 bits per heavy atom. The highest BCUT2D eigenvalue weighted by Gasteiger charge is 2.32. The zero-order valence-electron chi connectivity index (χ0n) is 19.3. The summed E-state index contributed by atoms with van der Waals surface area (Å²) in [6, 6.07) is 4.74. The molecule has 7 heteroatoms. The van der Waals surface area contributed by atoms with Crippen LogP contribution in [-0.4, -0.2) is 15.5 Å². The second kappa shape index (κ2) is 8.64. The molecule has 1 amide bonds. The van der Waals surface area contributed by atoms with Crippen LogP contribution in [0, 0.1) is 18.3 Å². The van der Waals surface area contributed by atoms with Gasteiger partial charge in [-0.1, -0.05) is 45.4 Å². The number of fused-ring (bicyclic) bond motifs is 3. The molecular formula is C25H30ClN3O2S. The van der Waals surface area contributed by atoms with Gasteiger partial charge in [0.25, 0.3) is 5.56 Å². The minimum absolute atomic E-state index is 0.119. The van der Waals surface area contributed by atoms with E-state index in [1.807, 2.05) is 19.9 Å². The maximum atomic E-state index is 13.5. The van der Waals surface area contributed by atoms with Crippen LogP contribution in [-0.2, 0) is 17.6 Å². The highest BCUT2D eigenvalue weighted by molar-refractivity contribution is 7.18. The Labute approximate surface area is 197 Å². The Morgan fingerprint density at radius 2 is 2.12 bits per heavy atom. The molecule has 1 N–H and O–H groups in total. The fraction of sp³-hybridized carbons (Fsp3) is 0.480. The van der Waals surface area contributed by atoms with Crippen LogP contribution >= 0.6 is 22.9 Å². The molecule has 1 aliphatic carbocycles. The van der Waals surface area contributed by atoms with Crippen molar-refractivity contribution in [3.05, 3.63) is 55.9 Å². The fourth-order valence-electron chi connectivity index (χ4n) is 4.59. The summed E-state index contributed by atoms with van der Waals surface area (Å²) in [5.41, 5.74) is 2.83. The molecule has 1 aliphatic rings. The predicted octanol–water partition coefficient (Wildman–Crippen LogP) is 6.16. The van der Waals surface area contributed by atoms with Gasteiger partial charge >= 0.3 is 0 Å². The standard InChI is InChI=1S/C25H30ClN3O2S/c1-6-19(22(30)28-18-12-16(26)9-7-14(18)2)29-13-27-23-21(24(29)31)17-10-8-15(25(3,4)5)11-20(17)32-23/h7,9,12-13,15,19H,6,8,10-11H2,1-5H3,(H,28,30). The number of carbonyl (C=O) groups is 1. The maximum Gasteiger partial charge on any atom is 0.263 e. The van der Waals surface area contributed by atoms with Crippen molar-refractivity contribution < 1.29 is 4.79 Å². The van der Waals surface area contributed by atoms with E-state index >= 15 is 0 Å². The number of halogens is 1. The van der Waals surface area contributed by atoms with Gasteiger partial charge in [-0.3, -0.25) is 14.2 Å². The van der Waals surface area contributed by atoms with Gasteiger partial charge in [0, 0.05) is 15.6 Å². The summed E-state index contributed by atoms with van der Waals surface area (Å²) in [5.74, 6) is 0.360. The van der Waals surface area contributed by atoms with E-state index in [1.54, 1.807) is 23.5 Å². The number of thiophene rings is 1. The van der Waals surface area contributed by atoms with Crippen LogP contribution in [0.15, 0.2) is 29.3 Å². The van der Waals surface area contributed by atoms with Crippen LogP contribution < -0.4 is 10.9 Å². The van der Waals surface area contributed by atoms with E-state index in [0.717, 1.165) is 35.2 Å². The lowest BCUT2D eigenvalue weighted by molar-refractivity contribution is -0.119. The first-order valence-electron chi connectivity index (χ1n) is 11.2. The van der Waals surface area contributed by atoms with Crippen molar-refractivity contribution in [2.24, 2.45) is 11.3 Å². The average Bonchev–Trinajstić information content (AvgIpc) is 3.11. The first kappa shape index (κ1) is 23.0. The number of hydrogen-bond donors (Lipinski definition) is 1. The summed E-state index contributed by atoms with van der Waals surface area (Å²) in [6.07, 6.45) is 4.97. The van der Waals surface area contributed by atoms with Crippen LogP contribution in [0.3, 0.4) is 0 Å². The van der Waals surface area contributed by atoms with E-state index in [2.05, 4.69) is 31.1 Å². The Kier molecular flexibility index (Phi) is 6.21. The molecule has 1 aromatic carbocycles. The lowest BCUT2D eigenvalue weighted by Gasteiger charge is -2.33. The highest BCUT2D eigenvalue weighted by Crippen LogP contribution is 2.42. The number of amides is 1. The van der Waals surface area contributed by atoms with Gasteiger partial charge in [-0.15, -0.1) is 11.3 Å². The highest BCUT2D eigenvalue weighted by atomic mass is 35.5. The topological polar surface area (TPSA) is 64.0 Å². The number of benzene rings is 1.